The highest BCUT2D eigenvalue weighted by atomic mass is 19.4. The number of hydrogen-bond donors (Lipinski definition) is 0. The van der Waals surface area contributed by atoms with Gasteiger partial charge in [-0.15, -0.1) is 0 Å². The van der Waals surface area contributed by atoms with E-state index in [9.17, 15) is 26.3 Å². The van der Waals surface area contributed by atoms with Crippen LogP contribution < -0.4 is 9.47 Å². The van der Waals surface area contributed by atoms with Crippen molar-refractivity contribution in [2.24, 2.45) is 0 Å². The molecule has 70 heavy (non-hydrogen) atoms. The highest BCUT2D eigenvalue weighted by Gasteiger charge is 2.39. The lowest BCUT2D eigenvalue weighted by atomic mass is 9.88. The predicted octanol–water partition coefficient (Wildman–Crippen LogP) is 10.6. The maximum absolute atomic E-state index is 13.6. The Balaban J connectivity index is 0.000000174. The molecule has 2 aliphatic rings. The van der Waals surface area contributed by atoms with E-state index in [1.54, 1.807) is 72.7 Å². The summed E-state index contributed by atoms with van der Waals surface area (Å²) >= 11 is 0. The van der Waals surface area contributed by atoms with Gasteiger partial charge >= 0.3 is 12.4 Å². The Labute approximate surface area is 398 Å². The number of pyridine rings is 2. The van der Waals surface area contributed by atoms with Gasteiger partial charge in [0.15, 0.2) is 11.6 Å². The normalized spacial score (nSPS) is 16.0. The van der Waals surface area contributed by atoms with Gasteiger partial charge in [0.1, 0.15) is 23.0 Å². The largest absolute Gasteiger partial charge is 0.479 e. The smallest absolute Gasteiger partial charge is 0.416 e. The zero-order valence-corrected chi connectivity index (χ0v) is 38.4. The molecule has 6 aromatic heterocycles. The van der Waals surface area contributed by atoms with Gasteiger partial charge in [0.25, 0.3) is 0 Å². The van der Waals surface area contributed by atoms with Crippen LogP contribution in [0.1, 0.15) is 106 Å². The third-order valence-corrected chi connectivity index (χ3v) is 12.0. The number of nitrogens with zero attached hydrogens (tertiary/aromatic N) is 12. The zero-order valence-electron chi connectivity index (χ0n) is 38.4. The van der Waals surface area contributed by atoms with E-state index in [0.29, 0.717) is 72.4 Å². The lowest BCUT2D eigenvalue weighted by Crippen LogP contribution is -2.21. The molecule has 0 saturated heterocycles. The van der Waals surface area contributed by atoms with Gasteiger partial charge < -0.3 is 18.6 Å². The number of hydrogen-bond acceptors (Lipinski definition) is 10. The number of rotatable bonds is 10. The number of ether oxygens (including phenoxy) is 2. The Bertz CT molecular complexity index is 2990. The number of aromatic nitrogens is 12. The second kappa shape index (κ2) is 19.6. The van der Waals surface area contributed by atoms with Gasteiger partial charge in [-0.2, -0.15) is 36.5 Å². The zero-order chi connectivity index (χ0) is 49.2. The predicted molar refractivity (Wildman–Crippen MR) is 248 cm³/mol. The van der Waals surface area contributed by atoms with Crippen molar-refractivity contribution in [3.05, 3.63) is 166 Å². The van der Waals surface area contributed by atoms with Gasteiger partial charge in [0.2, 0.25) is 11.8 Å². The minimum Gasteiger partial charge on any atom is -0.479 e. The molecule has 0 aliphatic carbocycles. The Morgan fingerprint density at radius 3 is 1.33 bits per heavy atom. The highest BCUT2D eigenvalue weighted by molar-refractivity contribution is 5.67. The molecule has 2 aromatic carbocycles. The first-order chi connectivity index (χ1) is 33.7. The monoisotopic (exact) mass is 960 g/mol. The summed E-state index contributed by atoms with van der Waals surface area (Å²) in [6.45, 7) is 5.03. The number of alkyl halides is 6. The fraction of sp³-hybridized carbons (Fsp3) is 0.280. The van der Waals surface area contributed by atoms with Crippen LogP contribution in [0.4, 0.5) is 26.3 Å². The molecule has 2 aliphatic heterocycles. The van der Waals surface area contributed by atoms with E-state index in [4.69, 9.17) is 9.47 Å². The Morgan fingerprint density at radius 2 is 0.957 bits per heavy atom. The maximum Gasteiger partial charge on any atom is 0.416 e. The molecule has 0 radical (unpaired) electrons. The van der Waals surface area contributed by atoms with Gasteiger partial charge in [-0.25, -0.2) is 39.3 Å². The molecule has 14 nitrogen and oxygen atoms in total. The number of fused-ring (bicyclic) bond motifs is 2. The molecule has 10 rings (SSSR count). The summed E-state index contributed by atoms with van der Waals surface area (Å²) in [5.41, 5.74) is 3.76. The Hall–Kier alpha value is -7.90. The van der Waals surface area contributed by atoms with E-state index in [1.807, 2.05) is 59.6 Å². The van der Waals surface area contributed by atoms with Crippen LogP contribution in [0.15, 0.2) is 97.8 Å². The van der Waals surface area contributed by atoms with Crippen molar-refractivity contribution >= 4 is 24.3 Å². The van der Waals surface area contributed by atoms with Crippen molar-refractivity contribution in [3.8, 4) is 23.1 Å². The van der Waals surface area contributed by atoms with E-state index >= 15 is 0 Å². The minimum absolute atomic E-state index is 0.237. The highest BCUT2D eigenvalue weighted by Crippen LogP contribution is 2.42. The van der Waals surface area contributed by atoms with Gasteiger partial charge in [0, 0.05) is 37.3 Å². The Morgan fingerprint density at radius 1 is 0.543 bits per heavy atom. The summed E-state index contributed by atoms with van der Waals surface area (Å²) in [6, 6.07) is 18.8. The van der Waals surface area contributed by atoms with E-state index in [2.05, 4.69) is 40.1 Å². The van der Waals surface area contributed by atoms with Crippen LogP contribution in [-0.2, 0) is 25.4 Å². The number of imidazole rings is 2. The molecule has 0 spiro atoms. The van der Waals surface area contributed by atoms with Gasteiger partial charge in [-0.05, 0) is 111 Å². The lowest BCUT2D eigenvalue weighted by molar-refractivity contribution is -0.139. The topological polar surface area (TPSA) is 141 Å². The third kappa shape index (κ3) is 10.1. The van der Waals surface area contributed by atoms with Crippen molar-refractivity contribution in [2.45, 2.75) is 76.8 Å². The Kier molecular flexibility index (Phi) is 13.2. The fourth-order valence-electron chi connectivity index (χ4n) is 8.79. The first-order valence-electron chi connectivity index (χ1n) is 22.4. The van der Waals surface area contributed by atoms with E-state index < -0.39 is 35.3 Å². The molecule has 8 aromatic rings. The number of benzene rings is 2. The van der Waals surface area contributed by atoms with Crippen molar-refractivity contribution in [1.29, 1.82) is 0 Å². The van der Waals surface area contributed by atoms with Crippen LogP contribution in [0.25, 0.3) is 35.7 Å². The summed E-state index contributed by atoms with van der Waals surface area (Å²) in [7, 11) is 3.10. The van der Waals surface area contributed by atoms with E-state index in [0.717, 1.165) is 47.7 Å². The molecule has 0 N–H and O–H groups in total. The molecule has 0 bridgehead atoms. The van der Waals surface area contributed by atoms with Crippen LogP contribution in [0.3, 0.4) is 0 Å². The summed E-state index contributed by atoms with van der Waals surface area (Å²) in [6.07, 6.45) is 7.85. The van der Waals surface area contributed by atoms with Crippen molar-refractivity contribution in [1.82, 2.24) is 58.6 Å². The molecular formula is C50H46F6N12O2. The maximum atomic E-state index is 13.6. The fourth-order valence-corrected chi connectivity index (χ4v) is 8.79. The first kappa shape index (κ1) is 47.2. The molecule has 2 atom stereocenters. The van der Waals surface area contributed by atoms with Crippen LogP contribution in [0.2, 0.25) is 0 Å². The van der Waals surface area contributed by atoms with E-state index in [-0.39, 0.29) is 11.1 Å². The van der Waals surface area contributed by atoms with Crippen molar-refractivity contribution in [2.75, 3.05) is 14.2 Å². The van der Waals surface area contributed by atoms with Crippen LogP contribution in [0, 0.1) is 13.8 Å². The van der Waals surface area contributed by atoms with Crippen LogP contribution >= 0.6 is 0 Å². The lowest BCUT2D eigenvalue weighted by Gasteiger charge is -2.25. The molecule has 8 heterocycles. The third-order valence-electron chi connectivity index (χ3n) is 12.0. The number of halogens is 6. The summed E-state index contributed by atoms with van der Waals surface area (Å²) in [5.74, 6) is 1.88. The van der Waals surface area contributed by atoms with E-state index in [1.165, 1.54) is 24.3 Å². The molecule has 0 saturated carbocycles. The van der Waals surface area contributed by atoms with Gasteiger partial charge in [0.05, 0.1) is 60.8 Å². The first-order valence-corrected chi connectivity index (χ1v) is 22.4. The van der Waals surface area contributed by atoms with Crippen molar-refractivity contribution in [3.63, 3.8) is 0 Å². The van der Waals surface area contributed by atoms with Crippen LogP contribution in [0.5, 0.6) is 11.8 Å². The second-order valence-corrected chi connectivity index (χ2v) is 16.7. The summed E-state index contributed by atoms with van der Waals surface area (Å²) in [5, 5.41) is 9.02. The summed E-state index contributed by atoms with van der Waals surface area (Å²) in [4.78, 5) is 26.7. The summed E-state index contributed by atoms with van der Waals surface area (Å²) < 4.78 is 99.7. The average molecular weight is 961 g/mol. The quantitative estimate of drug-likeness (QED) is 0.122. The molecule has 0 fully saturated rings. The SMILES string of the molecule is COc1nc(/C=C/c2nc3n(n2)CCC[C@@H]3c2ccccc2C(F)(F)F)ccc1-n1cnc(C)c1.COc1nc(/C=C/c2nc3n(n2)CCC[C@H]3c2ccccc2C(F)(F)F)ccc1-n1cnc(C)c1. The molecule has 360 valence electrons. The van der Waals surface area contributed by atoms with Crippen LogP contribution in [-0.4, -0.2) is 72.8 Å². The molecule has 0 unspecified atom stereocenters. The van der Waals surface area contributed by atoms with Crippen molar-refractivity contribution < 1.29 is 35.8 Å². The minimum atomic E-state index is -4.42. The number of methoxy groups -OCH3 is 2. The molecular weight excluding hydrogens is 915 g/mol. The standard InChI is InChI=1S/2C25H23F3N6O/c2*1-16-14-33(15-29-16)21-11-9-17(30-24(21)35-2)10-12-22-31-23-19(7-5-13-34(23)32-22)18-6-3-4-8-20(18)25(26,27)28/h2*3-4,6,8-12,14-15,19H,5,7,13H2,1-2H3/b2*12-10+/t2*19-/m10/s1. The van der Waals surface area contributed by atoms with Gasteiger partial charge in [-0.1, -0.05) is 36.4 Å². The van der Waals surface area contributed by atoms with Gasteiger partial charge in [-0.3, -0.25) is 0 Å². The molecule has 20 heteroatoms. The second-order valence-electron chi connectivity index (χ2n) is 16.7. The number of aryl methyl sites for hydroxylation is 4. The average Bonchev–Trinajstić information content (AvgIpc) is 4.19. The molecule has 0 amide bonds.